The summed E-state index contributed by atoms with van der Waals surface area (Å²) in [5.74, 6) is 0.473. The molecule has 0 amide bonds. The topological polar surface area (TPSA) is 43.3 Å². The number of piperidine rings is 1. The van der Waals surface area contributed by atoms with Crippen molar-refractivity contribution >= 4 is 0 Å². The maximum absolute atomic E-state index is 12.2. The Bertz CT molecular complexity index is 436. The Hall–Kier alpha value is -1.29. The Morgan fingerprint density at radius 1 is 1.47 bits per heavy atom. The van der Waals surface area contributed by atoms with E-state index in [-0.39, 0.29) is 5.56 Å². The molecule has 2 rings (SSSR count). The van der Waals surface area contributed by atoms with Gasteiger partial charge in [0.25, 0.3) is 5.56 Å². The predicted molar refractivity (Wildman–Crippen MR) is 76.7 cm³/mol. The molecule has 2 heterocycles. The van der Waals surface area contributed by atoms with E-state index in [9.17, 15) is 4.79 Å². The highest BCUT2D eigenvalue weighted by Crippen LogP contribution is 2.11. The van der Waals surface area contributed by atoms with Crippen LogP contribution in [0.4, 0.5) is 0 Å². The summed E-state index contributed by atoms with van der Waals surface area (Å²) in [6.45, 7) is 4.51. The first-order chi connectivity index (χ1) is 9.31. The van der Waals surface area contributed by atoms with Gasteiger partial charge in [-0.15, -0.1) is 0 Å². The Kier molecular flexibility index (Phi) is 5.45. The van der Waals surface area contributed by atoms with Crippen LogP contribution in [-0.2, 0) is 6.54 Å². The monoisotopic (exact) mass is 264 g/mol. The summed E-state index contributed by atoms with van der Waals surface area (Å²) >= 11 is 0. The fourth-order valence-corrected chi connectivity index (χ4v) is 2.48. The van der Waals surface area contributed by atoms with Crippen molar-refractivity contribution in [2.45, 2.75) is 51.6 Å². The third kappa shape index (κ3) is 4.10. The zero-order valence-electron chi connectivity index (χ0n) is 11.7. The fraction of sp³-hybridized carbons (Fsp3) is 0.667. The lowest BCUT2D eigenvalue weighted by molar-refractivity contribution is 0.308. The molecule has 1 saturated heterocycles. The first kappa shape index (κ1) is 14.1. The van der Waals surface area contributed by atoms with E-state index < -0.39 is 0 Å². The Balaban J connectivity index is 1.93. The molecule has 1 aliphatic heterocycles. The molecule has 1 unspecified atom stereocenters. The second-order valence-electron chi connectivity index (χ2n) is 5.15. The highest BCUT2D eigenvalue weighted by atomic mass is 16.5. The zero-order chi connectivity index (χ0) is 13.5. The Morgan fingerprint density at radius 3 is 3.11 bits per heavy atom. The van der Waals surface area contributed by atoms with Crippen molar-refractivity contribution in [3.63, 3.8) is 0 Å². The van der Waals surface area contributed by atoms with Gasteiger partial charge in [0.15, 0.2) is 5.75 Å². The molecule has 4 heteroatoms. The normalized spacial score (nSPS) is 19.3. The number of hydrogen-bond donors (Lipinski definition) is 1. The van der Waals surface area contributed by atoms with Gasteiger partial charge in [-0.25, -0.2) is 0 Å². The van der Waals surface area contributed by atoms with Crippen molar-refractivity contribution in [3.8, 4) is 5.75 Å². The van der Waals surface area contributed by atoms with E-state index in [0.29, 0.717) is 18.4 Å². The minimum absolute atomic E-state index is 0.00763. The summed E-state index contributed by atoms with van der Waals surface area (Å²) in [7, 11) is 0. The van der Waals surface area contributed by atoms with E-state index in [2.05, 4.69) is 5.32 Å². The van der Waals surface area contributed by atoms with E-state index in [1.807, 2.05) is 19.2 Å². The lowest BCUT2D eigenvalue weighted by atomic mass is 10.0. The highest BCUT2D eigenvalue weighted by molar-refractivity contribution is 5.17. The van der Waals surface area contributed by atoms with Gasteiger partial charge in [-0.3, -0.25) is 4.79 Å². The van der Waals surface area contributed by atoms with Crippen LogP contribution in [0.2, 0.25) is 0 Å². The molecule has 0 aliphatic carbocycles. The van der Waals surface area contributed by atoms with Gasteiger partial charge >= 0.3 is 0 Å². The number of aryl methyl sites for hydroxylation is 1. The van der Waals surface area contributed by atoms with Crippen LogP contribution in [0.1, 0.15) is 39.0 Å². The van der Waals surface area contributed by atoms with E-state index in [1.165, 1.54) is 19.3 Å². The van der Waals surface area contributed by atoms with Crippen LogP contribution in [0.3, 0.4) is 0 Å². The van der Waals surface area contributed by atoms with Crippen molar-refractivity contribution < 1.29 is 4.74 Å². The average molecular weight is 264 g/mol. The van der Waals surface area contributed by atoms with Gasteiger partial charge in [-0.05, 0) is 44.4 Å². The molecule has 1 aromatic rings. The summed E-state index contributed by atoms with van der Waals surface area (Å²) in [5, 5.41) is 3.51. The standard InChI is InChI=1S/C15H24N2O2/c1-2-12-19-14-7-5-10-17(15(14)18)11-8-13-6-3-4-9-16-13/h5,7,10,13,16H,2-4,6,8-9,11-12H2,1H3. The number of nitrogens with zero attached hydrogens (tertiary/aromatic N) is 1. The molecule has 1 N–H and O–H groups in total. The van der Waals surface area contributed by atoms with Gasteiger partial charge in [0.2, 0.25) is 0 Å². The number of rotatable bonds is 6. The lowest BCUT2D eigenvalue weighted by Crippen LogP contribution is -2.35. The Labute approximate surface area is 114 Å². The lowest BCUT2D eigenvalue weighted by Gasteiger charge is -2.23. The molecule has 4 nitrogen and oxygen atoms in total. The van der Waals surface area contributed by atoms with Crippen LogP contribution in [0.25, 0.3) is 0 Å². The summed E-state index contributed by atoms with van der Waals surface area (Å²) in [4.78, 5) is 12.2. The first-order valence-electron chi connectivity index (χ1n) is 7.37. The maximum Gasteiger partial charge on any atom is 0.292 e. The number of ether oxygens (including phenoxy) is 1. The molecule has 0 aromatic carbocycles. The molecule has 1 aliphatic rings. The SMILES string of the molecule is CCCOc1cccn(CCC2CCCCN2)c1=O. The van der Waals surface area contributed by atoms with Gasteiger partial charge in [0.1, 0.15) is 0 Å². The van der Waals surface area contributed by atoms with Crippen molar-refractivity contribution in [2.24, 2.45) is 0 Å². The van der Waals surface area contributed by atoms with Gasteiger partial charge in [0, 0.05) is 18.8 Å². The first-order valence-corrected chi connectivity index (χ1v) is 7.37. The molecule has 1 fully saturated rings. The summed E-state index contributed by atoms with van der Waals surface area (Å²) in [6, 6.07) is 4.20. The molecule has 0 spiro atoms. The number of nitrogens with one attached hydrogen (secondary N) is 1. The largest absolute Gasteiger partial charge is 0.488 e. The third-order valence-electron chi connectivity index (χ3n) is 3.58. The van der Waals surface area contributed by atoms with Crippen LogP contribution in [-0.4, -0.2) is 23.8 Å². The van der Waals surface area contributed by atoms with Crippen LogP contribution >= 0.6 is 0 Å². The summed E-state index contributed by atoms with van der Waals surface area (Å²) < 4.78 is 7.23. The third-order valence-corrected chi connectivity index (χ3v) is 3.58. The second-order valence-corrected chi connectivity index (χ2v) is 5.15. The maximum atomic E-state index is 12.2. The average Bonchev–Trinajstić information content (AvgIpc) is 2.46. The quantitative estimate of drug-likeness (QED) is 0.856. The van der Waals surface area contributed by atoms with Gasteiger partial charge in [0.05, 0.1) is 6.61 Å². The zero-order valence-corrected chi connectivity index (χ0v) is 11.7. The molecule has 1 aromatic heterocycles. The fourth-order valence-electron chi connectivity index (χ4n) is 2.48. The molecule has 0 radical (unpaired) electrons. The molecular weight excluding hydrogens is 240 g/mol. The summed E-state index contributed by atoms with van der Waals surface area (Å²) in [6.07, 6.45) is 7.57. The van der Waals surface area contributed by atoms with E-state index in [1.54, 1.807) is 10.6 Å². The molecule has 106 valence electrons. The van der Waals surface area contributed by atoms with Crippen LogP contribution in [0, 0.1) is 0 Å². The number of aromatic nitrogens is 1. The van der Waals surface area contributed by atoms with Gasteiger partial charge in [-0.1, -0.05) is 13.3 Å². The number of pyridine rings is 1. The highest BCUT2D eigenvalue weighted by Gasteiger charge is 2.13. The minimum atomic E-state index is -0.00763. The molecule has 1 atom stereocenters. The van der Waals surface area contributed by atoms with Crippen molar-refractivity contribution in [3.05, 3.63) is 28.7 Å². The van der Waals surface area contributed by atoms with Crippen molar-refractivity contribution in [1.29, 1.82) is 0 Å². The number of hydrogen-bond acceptors (Lipinski definition) is 3. The van der Waals surface area contributed by atoms with E-state index in [0.717, 1.165) is 25.9 Å². The van der Waals surface area contributed by atoms with Crippen LogP contribution in [0.15, 0.2) is 23.1 Å². The van der Waals surface area contributed by atoms with E-state index >= 15 is 0 Å². The molecule has 0 bridgehead atoms. The van der Waals surface area contributed by atoms with Crippen molar-refractivity contribution in [2.75, 3.05) is 13.2 Å². The second kappa shape index (κ2) is 7.34. The smallest absolute Gasteiger partial charge is 0.292 e. The predicted octanol–water partition coefficient (Wildman–Crippen LogP) is 2.17. The van der Waals surface area contributed by atoms with E-state index in [4.69, 9.17) is 4.74 Å². The van der Waals surface area contributed by atoms with Crippen molar-refractivity contribution in [1.82, 2.24) is 9.88 Å². The van der Waals surface area contributed by atoms with Gasteiger partial charge < -0.3 is 14.6 Å². The minimum Gasteiger partial charge on any atom is -0.488 e. The summed E-state index contributed by atoms with van der Waals surface area (Å²) in [5.41, 5.74) is -0.00763. The molecule has 0 saturated carbocycles. The molecule has 19 heavy (non-hydrogen) atoms. The Morgan fingerprint density at radius 2 is 2.37 bits per heavy atom. The van der Waals surface area contributed by atoms with Crippen LogP contribution < -0.4 is 15.6 Å². The van der Waals surface area contributed by atoms with Gasteiger partial charge in [-0.2, -0.15) is 0 Å². The van der Waals surface area contributed by atoms with Crippen LogP contribution in [0.5, 0.6) is 5.75 Å². The molecular formula is C15H24N2O2.